The van der Waals surface area contributed by atoms with Crippen LogP contribution in [0.2, 0.25) is 0 Å². The number of ketones is 1. The number of hydrogen-bond donors (Lipinski definition) is 0. The van der Waals surface area contributed by atoms with Crippen LogP contribution in [0.4, 0.5) is 4.39 Å². The molecule has 0 fully saturated rings. The van der Waals surface area contributed by atoms with Gasteiger partial charge in [-0.25, -0.2) is 24.0 Å². The summed E-state index contributed by atoms with van der Waals surface area (Å²) in [4.78, 5) is 24.4. The number of carbonyl (C=O) groups excluding carboxylic acids is 1. The number of halogens is 1. The van der Waals surface area contributed by atoms with E-state index in [9.17, 15) is 9.18 Å². The highest BCUT2D eigenvalue weighted by molar-refractivity contribution is 5.93. The molecule has 128 valence electrons. The van der Waals surface area contributed by atoms with Crippen LogP contribution < -0.4 is 0 Å². The highest BCUT2D eigenvalue weighted by Gasteiger charge is 2.17. The van der Waals surface area contributed by atoms with Crippen LogP contribution in [0.1, 0.15) is 47.7 Å². The molecule has 0 amide bonds. The predicted octanol–water partition coefficient (Wildman–Crippen LogP) is 2.94. The van der Waals surface area contributed by atoms with Gasteiger partial charge in [-0.2, -0.15) is 5.10 Å². The molecule has 3 aromatic rings. The Morgan fingerprint density at radius 2 is 2.04 bits per heavy atom. The summed E-state index contributed by atoms with van der Waals surface area (Å²) in [5, 5.41) is 4.18. The maximum absolute atomic E-state index is 14.0. The molecule has 3 aromatic heterocycles. The van der Waals surface area contributed by atoms with E-state index >= 15 is 0 Å². The molecule has 0 bridgehead atoms. The zero-order chi connectivity index (χ0) is 17.8. The highest BCUT2D eigenvalue weighted by atomic mass is 19.1. The molecule has 0 atom stereocenters. The fraction of sp³-hybridized carbons (Fsp3) is 0.278. The summed E-state index contributed by atoms with van der Waals surface area (Å²) in [7, 11) is 0. The van der Waals surface area contributed by atoms with E-state index in [0.29, 0.717) is 18.5 Å². The topological polar surface area (TPSA) is 73.6 Å². The van der Waals surface area contributed by atoms with Crippen LogP contribution >= 0.6 is 0 Å². The molecular formula is C18H18FN5O. The second-order valence-corrected chi connectivity index (χ2v) is 5.67. The van der Waals surface area contributed by atoms with Crippen molar-refractivity contribution in [2.24, 2.45) is 0 Å². The second kappa shape index (κ2) is 7.29. The van der Waals surface area contributed by atoms with Gasteiger partial charge >= 0.3 is 0 Å². The second-order valence-electron chi connectivity index (χ2n) is 5.67. The van der Waals surface area contributed by atoms with Gasteiger partial charge in [-0.3, -0.25) is 4.79 Å². The molecule has 0 saturated carbocycles. The van der Waals surface area contributed by atoms with Gasteiger partial charge in [0, 0.05) is 31.3 Å². The molecule has 0 saturated heterocycles. The lowest BCUT2D eigenvalue weighted by molar-refractivity contribution is 0.101. The van der Waals surface area contributed by atoms with Gasteiger partial charge in [0.2, 0.25) is 0 Å². The molecule has 7 heteroatoms. The summed E-state index contributed by atoms with van der Waals surface area (Å²) in [5.74, 6) is -0.398. The fourth-order valence-electron chi connectivity index (χ4n) is 2.78. The highest BCUT2D eigenvalue weighted by Crippen LogP contribution is 2.19. The van der Waals surface area contributed by atoms with E-state index in [-0.39, 0.29) is 11.6 Å². The zero-order valence-corrected chi connectivity index (χ0v) is 14.1. The Labute approximate surface area is 144 Å². The first-order chi connectivity index (χ1) is 12.1. The lowest BCUT2D eigenvalue weighted by atomic mass is 10.0. The number of pyridine rings is 1. The van der Waals surface area contributed by atoms with E-state index in [1.807, 2.05) is 6.92 Å². The molecule has 0 aromatic carbocycles. The fourth-order valence-corrected chi connectivity index (χ4v) is 2.78. The van der Waals surface area contributed by atoms with Crippen molar-refractivity contribution in [1.29, 1.82) is 0 Å². The molecule has 0 aliphatic carbocycles. The SMILES string of the molecule is CCCc1c(Cc2ccnn2-c2ncccc2F)ncnc1C(C)=O. The van der Waals surface area contributed by atoms with Crippen LogP contribution in [0, 0.1) is 5.82 Å². The van der Waals surface area contributed by atoms with Crippen molar-refractivity contribution in [3.05, 3.63) is 65.4 Å². The molecule has 3 rings (SSSR count). The van der Waals surface area contributed by atoms with Gasteiger partial charge in [0.05, 0.1) is 11.4 Å². The van der Waals surface area contributed by atoms with Gasteiger partial charge in [0.25, 0.3) is 0 Å². The summed E-state index contributed by atoms with van der Waals surface area (Å²) in [6, 6.07) is 4.67. The summed E-state index contributed by atoms with van der Waals surface area (Å²) in [5.41, 5.74) is 2.77. The van der Waals surface area contributed by atoms with Crippen molar-refractivity contribution in [3.63, 3.8) is 0 Å². The van der Waals surface area contributed by atoms with Gasteiger partial charge < -0.3 is 0 Å². The smallest absolute Gasteiger partial charge is 0.189 e. The molecule has 0 aliphatic heterocycles. The Kier molecular flexibility index (Phi) is 4.92. The monoisotopic (exact) mass is 339 g/mol. The Morgan fingerprint density at radius 1 is 1.20 bits per heavy atom. The third kappa shape index (κ3) is 3.45. The summed E-state index contributed by atoms with van der Waals surface area (Å²) in [6.45, 7) is 3.53. The van der Waals surface area contributed by atoms with Crippen molar-refractivity contribution in [3.8, 4) is 5.82 Å². The van der Waals surface area contributed by atoms with Crippen LogP contribution in [0.3, 0.4) is 0 Å². The zero-order valence-electron chi connectivity index (χ0n) is 14.1. The standard InChI is InChI=1S/C18H18FN5O/c1-3-5-14-16(21-11-22-17(14)12(2)25)10-13-7-9-23-24(13)18-15(19)6-4-8-20-18/h4,6-9,11H,3,5,10H2,1-2H3. The van der Waals surface area contributed by atoms with Crippen LogP contribution in [0.5, 0.6) is 0 Å². The third-order valence-electron chi connectivity index (χ3n) is 3.88. The maximum Gasteiger partial charge on any atom is 0.189 e. The van der Waals surface area contributed by atoms with Gasteiger partial charge in [-0.1, -0.05) is 13.3 Å². The number of aromatic nitrogens is 5. The average molecular weight is 339 g/mol. The molecule has 25 heavy (non-hydrogen) atoms. The van der Waals surface area contributed by atoms with Gasteiger partial charge in [-0.05, 0) is 24.6 Å². The van der Waals surface area contributed by atoms with Gasteiger partial charge in [-0.15, -0.1) is 0 Å². The third-order valence-corrected chi connectivity index (χ3v) is 3.88. The van der Waals surface area contributed by atoms with Crippen LogP contribution in [-0.2, 0) is 12.8 Å². The van der Waals surface area contributed by atoms with Crippen molar-refractivity contribution in [2.45, 2.75) is 33.1 Å². The van der Waals surface area contributed by atoms with E-state index in [1.165, 1.54) is 36.3 Å². The lowest BCUT2D eigenvalue weighted by Crippen LogP contribution is -2.12. The molecule has 3 heterocycles. The first-order valence-corrected chi connectivity index (χ1v) is 8.09. The quantitative estimate of drug-likeness (QED) is 0.646. The van der Waals surface area contributed by atoms with E-state index in [1.54, 1.807) is 12.3 Å². The maximum atomic E-state index is 14.0. The van der Waals surface area contributed by atoms with Gasteiger partial charge in [0.15, 0.2) is 17.4 Å². The van der Waals surface area contributed by atoms with Crippen LogP contribution in [0.25, 0.3) is 5.82 Å². The summed E-state index contributed by atoms with van der Waals surface area (Å²) < 4.78 is 15.5. The Hall–Kier alpha value is -2.96. The molecule has 0 aliphatic rings. The molecule has 0 spiro atoms. The number of carbonyl (C=O) groups is 1. The van der Waals surface area contributed by atoms with Gasteiger partial charge in [0.1, 0.15) is 12.0 Å². The minimum Gasteiger partial charge on any atom is -0.293 e. The van der Waals surface area contributed by atoms with Crippen molar-refractivity contribution >= 4 is 5.78 Å². The molecule has 0 unspecified atom stereocenters. The Balaban J connectivity index is 2.03. The van der Waals surface area contributed by atoms with Crippen LogP contribution in [-0.4, -0.2) is 30.5 Å². The predicted molar refractivity (Wildman–Crippen MR) is 90.2 cm³/mol. The van der Waals surface area contributed by atoms with E-state index < -0.39 is 5.82 Å². The van der Waals surface area contributed by atoms with Crippen molar-refractivity contribution < 1.29 is 9.18 Å². The normalized spacial score (nSPS) is 10.8. The summed E-state index contributed by atoms with van der Waals surface area (Å²) >= 11 is 0. The van der Waals surface area contributed by atoms with E-state index in [2.05, 4.69) is 20.1 Å². The number of Topliss-reactive ketones (excluding diaryl/α,β-unsaturated/α-hetero) is 1. The van der Waals surface area contributed by atoms with E-state index in [0.717, 1.165) is 23.4 Å². The van der Waals surface area contributed by atoms with Crippen molar-refractivity contribution in [1.82, 2.24) is 24.7 Å². The molecule has 0 N–H and O–H groups in total. The first-order valence-electron chi connectivity index (χ1n) is 8.09. The molecule has 0 radical (unpaired) electrons. The Bertz CT molecular complexity index is 906. The van der Waals surface area contributed by atoms with Crippen LogP contribution in [0.15, 0.2) is 36.9 Å². The van der Waals surface area contributed by atoms with Crippen molar-refractivity contribution in [2.75, 3.05) is 0 Å². The minimum atomic E-state index is -0.451. The number of hydrogen-bond acceptors (Lipinski definition) is 5. The average Bonchev–Trinajstić information content (AvgIpc) is 3.04. The first kappa shape index (κ1) is 16.9. The summed E-state index contributed by atoms with van der Waals surface area (Å²) in [6.07, 6.45) is 6.49. The largest absolute Gasteiger partial charge is 0.293 e. The molecular weight excluding hydrogens is 321 g/mol. The lowest BCUT2D eigenvalue weighted by Gasteiger charge is -2.12. The number of nitrogens with zero attached hydrogens (tertiary/aromatic N) is 5. The van der Waals surface area contributed by atoms with E-state index in [4.69, 9.17) is 0 Å². The molecule has 6 nitrogen and oxygen atoms in total. The minimum absolute atomic E-state index is 0.0867. The Morgan fingerprint density at radius 3 is 2.76 bits per heavy atom. The number of rotatable bonds is 6.